The fourth-order valence-corrected chi connectivity index (χ4v) is 3.93. The smallest absolute Gasteiger partial charge is 0.0705 e. The molecule has 0 aliphatic heterocycles. The van der Waals surface area contributed by atoms with Crippen molar-refractivity contribution in [2.75, 3.05) is 5.32 Å². The molecule has 0 aliphatic rings. The van der Waals surface area contributed by atoms with Crippen molar-refractivity contribution in [2.24, 2.45) is 12.5 Å². The summed E-state index contributed by atoms with van der Waals surface area (Å²) in [6, 6.07) is 12.7. The van der Waals surface area contributed by atoms with Gasteiger partial charge >= 0.3 is 0 Å². The summed E-state index contributed by atoms with van der Waals surface area (Å²) in [5.74, 6) is 0. The lowest BCUT2D eigenvalue weighted by atomic mass is 9.89. The van der Waals surface area contributed by atoms with Gasteiger partial charge in [-0.05, 0) is 56.6 Å². The highest BCUT2D eigenvalue weighted by Gasteiger charge is 2.26. The van der Waals surface area contributed by atoms with E-state index in [1.807, 2.05) is 17.8 Å². The van der Waals surface area contributed by atoms with Gasteiger partial charge in [0.2, 0.25) is 0 Å². The predicted octanol–water partition coefficient (Wildman–Crippen LogP) is 6.76. The highest BCUT2D eigenvalue weighted by atomic mass is 15.1. The molecule has 0 radical (unpaired) electrons. The molecule has 33 heavy (non-hydrogen) atoms. The van der Waals surface area contributed by atoms with Crippen molar-refractivity contribution in [1.29, 1.82) is 0 Å². The van der Waals surface area contributed by atoms with E-state index in [4.69, 9.17) is 0 Å². The van der Waals surface area contributed by atoms with Crippen LogP contribution in [0.4, 0.5) is 5.69 Å². The Balaban J connectivity index is 2.06. The molecule has 2 aromatic rings. The summed E-state index contributed by atoms with van der Waals surface area (Å²) in [6.45, 7) is 24.0. The molecule has 1 aromatic carbocycles. The van der Waals surface area contributed by atoms with Crippen molar-refractivity contribution in [3.63, 3.8) is 0 Å². The minimum atomic E-state index is -0.340. The zero-order valence-electron chi connectivity index (χ0n) is 21.6. The van der Waals surface area contributed by atoms with Gasteiger partial charge in [-0.25, -0.2) is 0 Å². The van der Waals surface area contributed by atoms with E-state index in [2.05, 4.69) is 113 Å². The first-order valence-corrected chi connectivity index (χ1v) is 11.9. The topological polar surface area (TPSA) is 41.0 Å². The highest BCUT2D eigenvalue weighted by Crippen LogP contribution is 2.25. The summed E-state index contributed by atoms with van der Waals surface area (Å²) < 4.78 is 2.03. The summed E-state index contributed by atoms with van der Waals surface area (Å²) in [5.41, 5.74) is 5.14. The predicted molar refractivity (Wildman–Crippen MR) is 144 cm³/mol. The van der Waals surface area contributed by atoms with Gasteiger partial charge in [0.15, 0.2) is 0 Å². The molecule has 1 unspecified atom stereocenters. The van der Waals surface area contributed by atoms with Crippen LogP contribution in [-0.4, -0.2) is 16.1 Å². The second-order valence-electron chi connectivity index (χ2n) is 10.9. The van der Waals surface area contributed by atoms with E-state index in [1.54, 1.807) is 0 Å². The summed E-state index contributed by atoms with van der Waals surface area (Å²) in [7, 11) is 2.02. The Morgan fingerprint density at radius 3 is 2.24 bits per heavy atom. The third-order valence-corrected chi connectivity index (χ3v) is 5.69. The largest absolute Gasteiger partial charge is 0.379 e. The standard InChI is InChI=1S/C29H44N4/c1-22(20-28(4,5)6)32-29(7,8)24(3)31-27(17-13-16-25-14-11-10-12-15-25)23(2)30-26-18-19-33(9)21-26/h10-12,14-15,18-19,21,27,30-32H,1-3,13,16-17,20H2,4-9H3. The van der Waals surface area contributed by atoms with E-state index in [0.717, 1.165) is 48.5 Å². The van der Waals surface area contributed by atoms with Crippen LogP contribution in [-0.2, 0) is 13.5 Å². The molecule has 0 spiro atoms. The van der Waals surface area contributed by atoms with Crippen LogP contribution in [0.25, 0.3) is 0 Å². The van der Waals surface area contributed by atoms with Gasteiger partial charge in [0.1, 0.15) is 0 Å². The molecular formula is C29H44N4. The van der Waals surface area contributed by atoms with Crippen LogP contribution in [0.2, 0.25) is 0 Å². The van der Waals surface area contributed by atoms with Crippen LogP contribution < -0.4 is 16.0 Å². The minimum absolute atomic E-state index is 0.0541. The molecule has 4 nitrogen and oxygen atoms in total. The van der Waals surface area contributed by atoms with E-state index in [0.29, 0.717) is 0 Å². The number of aryl methyl sites for hydroxylation is 2. The molecule has 4 heteroatoms. The molecule has 2 rings (SSSR count). The van der Waals surface area contributed by atoms with Gasteiger partial charge in [-0.3, -0.25) is 0 Å². The number of hydrogen-bond acceptors (Lipinski definition) is 3. The van der Waals surface area contributed by atoms with Gasteiger partial charge in [0.05, 0.1) is 17.3 Å². The van der Waals surface area contributed by atoms with Crippen molar-refractivity contribution >= 4 is 5.69 Å². The SMILES string of the molecule is C=C(CC(C)(C)C)NC(C)(C)C(=C)NC(CCCc1ccccc1)C(=C)Nc1ccn(C)c1. The van der Waals surface area contributed by atoms with E-state index in [9.17, 15) is 0 Å². The van der Waals surface area contributed by atoms with Gasteiger partial charge < -0.3 is 20.5 Å². The van der Waals surface area contributed by atoms with Crippen molar-refractivity contribution in [1.82, 2.24) is 15.2 Å². The Hall–Kier alpha value is -2.88. The first kappa shape index (κ1) is 26.4. The molecule has 0 amide bonds. The number of rotatable bonds is 13. The van der Waals surface area contributed by atoms with Crippen LogP contribution in [0.15, 0.2) is 85.6 Å². The molecule has 1 aromatic heterocycles. The average molecular weight is 449 g/mol. The molecule has 1 atom stereocenters. The average Bonchev–Trinajstić information content (AvgIpc) is 3.10. The number of benzene rings is 1. The molecule has 0 saturated carbocycles. The van der Waals surface area contributed by atoms with Crippen LogP contribution in [0, 0.1) is 5.41 Å². The van der Waals surface area contributed by atoms with Crippen molar-refractivity contribution < 1.29 is 0 Å². The number of allylic oxidation sites excluding steroid dienone is 1. The van der Waals surface area contributed by atoms with E-state index >= 15 is 0 Å². The van der Waals surface area contributed by atoms with Crippen LogP contribution >= 0.6 is 0 Å². The Kier molecular flexibility index (Phi) is 9.04. The van der Waals surface area contributed by atoms with Gasteiger partial charge in [0.25, 0.3) is 0 Å². The molecule has 0 fully saturated rings. The maximum absolute atomic E-state index is 4.39. The molecule has 0 aliphatic carbocycles. The molecule has 1 heterocycles. The number of hydrogen-bond donors (Lipinski definition) is 3. The summed E-state index contributed by atoms with van der Waals surface area (Å²) in [5, 5.41) is 10.7. The van der Waals surface area contributed by atoms with Crippen molar-refractivity contribution in [3.8, 4) is 0 Å². The van der Waals surface area contributed by atoms with Crippen LogP contribution in [0.1, 0.15) is 59.4 Å². The third-order valence-electron chi connectivity index (χ3n) is 5.69. The lowest BCUT2D eigenvalue weighted by Gasteiger charge is -2.36. The van der Waals surface area contributed by atoms with Crippen LogP contribution in [0.3, 0.4) is 0 Å². The first-order valence-electron chi connectivity index (χ1n) is 11.9. The maximum atomic E-state index is 4.39. The third kappa shape index (κ3) is 9.25. The van der Waals surface area contributed by atoms with Crippen LogP contribution in [0.5, 0.6) is 0 Å². The summed E-state index contributed by atoms with van der Waals surface area (Å²) >= 11 is 0. The number of nitrogens with zero attached hydrogens (tertiary/aromatic N) is 1. The zero-order chi connectivity index (χ0) is 24.6. The fraction of sp³-hybridized carbons (Fsp3) is 0.448. The van der Waals surface area contributed by atoms with Gasteiger partial charge in [-0.15, -0.1) is 0 Å². The Morgan fingerprint density at radius 1 is 1.00 bits per heavy atom. The molecule has 0 saturated heterocycles. The van der Waals surface area contributed by atoms with E-state index < -0.39 is 0 Å². The number of anilines is 1. The number of nitrogens with one attached hydrogen (secondary N) is 3. The Bertz CT molecular complexity index is 928. The second-order valence-corrected chi connectivity index (χ2v) is 10.9. The highest BCUT2D eigenvalue weighted by molar-refractivity contribution is 5.47. The Labute approximate surface area is 201 Å². The molecular weight excluding hydrogens is 404 g/mol. The van der Waals surface area contributed by atoms with Crippen molar-refractivity contribution in [3.05, 3.63) is 91.2 Å². The van der Waals surface area contributed by atoms with Crippen molar-refractivity contribution in [2.45, 2.75) is 71.9 Å². The number of aromatic nitrogens is 1. The van der Waals surface area contributed by atoms with E-state index in [1.165, 1.54) is 5.56 Å². The Morgan fingerprint density at radius 2 is 1.67 bits per heavy atom. The molecule has 0 bridgehead atoms. The zero-order valence-corrected chi connectivity index (χ0v) is 21.6. The summed E-state index contributed by atoms with van der Waals surface area (Å²) in [6.07, 6.45) is 8.03. The van der Waals surface area contributed by atoms with Gasteiger partial charge in [0, 0.05) is 36.5 Å². The van der Waals surface area contributed by atoms with Gasteiger partial charge in [-0.2, -0.15) is 0 Å². The van der Waals surface area contributed by atoms with Gasteiger partial charge in [-0.1, -0.05) is 70.8 Å². The minimum Gasteiger partial charge on any atom is -0.379 e. The normalized spacial score (nSPS) is 12.7. The summed E-state index contributed by atoms with van der Waals surface area (Å²) in [4.78, 5) is 0. The molecule has 3 N–H and O–H groups in total. The molecule has 180 valence electrons. The first-order chi connectivity index (χ1) is 15.4. The van der Waals surface area contributed by atoms with E-state index in [-0.39, 0.29) is 17.0 Å². The monoisotopic (exact) mass is 448 g/mol. The fourth-order valence-electron chi connectivity index (χ4n) is 3.93. The quantitative estimate of drug-likeness (QED) is 0.317. The lowest BCUT2D eigenvalue weighted by Crippen LogP contribution is -2.48. The second kappa shape index (κ2) is 11.3. The lowest BCUT2D eigenvalue weighted by molar-refractivity contribution is 0.370. The maximum Gasteiger partial charge on any atom is 0.0705 e.